The maximum Gasteiger partial charge on any atom is 0.250 e. The molecule has 2 amide bonds. The van der Waals surface area contributed by atoms with Crippen LogP contribution in [-0.4, -0.2) is 84.3 Å². The van der Waals surface area contributed by atoms with Gasteiger partial charge in [0.15, 0.2) is 0 Å². The Hall–Kier alpha value is -2.71. The van der Waals surface area contributed by atoms with Crippen LogP contribution in [0.5, 0.6) is 0 Å². The van der Waals surface area contributed by atoms with Crippen LogP contribution in [0.1, 0.15) is 35.1 Å². The Labute approximate surface area is 243 Å². The van der Waals surface area contributed by atoms with E-state index in [9.17, 15) is 20.0 Å². The van der Waals surface area contributed by atoms with Crippen LogP contribution in [0.4, 0.5) is 5.69 Å². The molecule has 2 N–H and O–H groups in total. The minimum atomic E-state index is -0.165. The number of rotatable bonds is 10. The quantitative estimate of drug-likeness (QED) is 0.448. The number of amides is 2. The van der Waals surface area contributed by atoms with Crippen molar-refractivity contribution >= 4 is 42.3 Å². The molecule has 0 spiro atoms. The topological polar surface area (TPSA) is 103 Å². The number of fused-ring (bicyclic) bond motifs is 1. The van der Waals surface area contributed by atoms with Gasteiger partial charge in [-0.1, -0.05) is 30.3 Å². The Morgan fingerprint density at radius 2 is 1.77 bits per heavy atom. The molecule has 39 heavy (non-hydrogen) atoms. The van der Waals surface area contributed by atoms with E-state index in [4.69, 9.17) is 0 Å². The smallest absolute Gasteiger partial charge is 0.250 e. The lowest BCUT2D eigenvalue weighted by atomic mass is 10.1. The lowest BCUT2D eigenvalue weighted by molar-refractivity contribution is -0.145. The lowest BCUT2D eigenvalue weighted by Gasteiger charge is -2.30. The van der Waals surface area contributed by atoms with E-state index in [2.05, 4.69) is 28.4 Å². The zero-order chi connectivity index (χ0) is 26.4. The van der Waals surface area contributed by atoms with Gasteiger partial charge in [0.2, 0.25) is 5.91 Å². The van der Waals surface area contributed by atoms with Gasteiger partial charge >= 0.3 is 0 Å². The number of hydrazine groups is 1. The van der Waals surface area contributed by atoms with E-state index >= 15 is 0 Å². The van der Waals surface area contributed by atoms with Crippen LogP contribution in [0.2, 0.25) is 0 Å². The third-order valence-corrected chi connectivity index (χ3v) is 7.41. The number of benzene rings is 2. The summed E-state index contributed by atoms with van der Waals surface area (Å²) < 4.78 is 0. The van der Waals surface area contributed by atoms with Gasteiger partial charge in [-0.05, 0) is 55.1 Å². The second-order valence-corrected chi connectivity index (χ2v) is 9.79. The van der Waals surface area contributed by atoms with Gasteiger partial charge in [-0.15, -0.1) is 24.8 Å². The molecule has 1 atom stereocenters. The van der Waals surface area contributed by atoms with Gasteiger partial charge in [0.05, 0.1) is 31.3 Å². The molecule has 1 saturated heterocycles. The Kier molecular flexibility index (Phi) is 12.6. The predicted molar refractivity (Wildman–Crippen MR) is 156 cm³/mol. The number of carbonyl (C=O) groups is 2. The number of aliphatic hydroxyl groups excluding tert-OH is 1. The average molecular weight is 578 g/mol. The maximum absolute atomic E-state index is 13.4. The number of likely N-dealkylation sites (N-methyl/N-ethyl adjacent to an activating group) is 1. The predicted octanol–water partition coefficient (Wildman–Crippen LogP) is 2.48. The van der Waals surface area contributed by atoms with Crippen molar-refractivity contribution in [3.8, 4) is 6.07 Å². The molecule has 0 aromatic heterocycles. The van der Waals surface area contributed by atoms with E-state index in [-0.39, 0.29) is 62.4 Å². The summed E-state index contributed by atoms with van der Waals surface area (Å²) in [5, 5.41) is 25.7. The van der Waals surface area contributed by atoms with Gasteiger partial charge in [-0.2, -0.15) is 5.26 Å². The van der Waals surface area contributed by atoms with Crippen LogP contribution in [0, 0.1) is 18.3 Å². The highest BCUT2D eigenvalue weighted by molar-refractivity contribution is 5.96. The summed E-state index contributed by atoms with van der Waals surface area (Å²) in [5.41, 5.74) is 4.53. The zero-order valence-electron chi connectivity index (χ0n) is 22.5. The molecule has 4 rings (SSSR count). The first-order valence-electron chi connectivity index (χ1n) is 12.9. The number of carbonyl (C=O) groups excluding carboxylic acids is 2. The fourth-order valence-corrected chi connectivity index (χ4v) is 5.15. The standard InChI is InChI=1S/C28H36N6O3.2ClH/c1-21-9-10-22(15-29)14-26(21)34(13-12-32-11-5-8-25(32)20-35)28(37)17-30-16-27(36)31(2)33-18-23-6-3-4-7-24(23)19-33;;/h3-4,6-7,9-10,14,25,30,35H,5,8,11-13,16-20H2,1-2H3;2*1H/t25-;;/m1../s1. The zero-order valence-corrected chi connectivity index (χ0v) is 24.1. The molecule has 1 fully saturated rings. The Morgan fingerprint density at radius 1 is 1.10 bits per heavy atom. The van der Waals surface area contributed by atoms with Crippen molar-refractivity contribution < 1.29 is 14.7 Å². The molecule has 9 nitrogen and oxygen atoms in total. The highest BCUT2D eigenvalue weighted by Crippen LogP contribution is 2.24. The molecule has 0 radical (unpaired) electrons. The third kappa shape index (κ3) is 7.92. The first kappa shape index (κ1) is 32.5. The Morgan fingerprint density at radius 3 is 2.41 bits per heavy atom. The molecular formula is C28H38Cl2N6O3. The summed E-state index contributed by atoms with van der Waals surface area (Å²) in [4.78, 5) is 30.1. The van der Waals surface area contributed by atoms with Crippen LogP contribution in [0.25, 0.3) is 0 Å². The normalized spacial score (nSPS) is 16.5. The number of hydrogen-bond donors (Lipinski definition) is 2. The number of anilines is 1. The Bertz CT molecular complexity index is 1150. The van der Waals surface area contributed by atoms with E-state index < -0.39 is 0 Å². The average Bonchev–Trinajstić information content (AvgIpc) is 3.55. The van der Waals surface area contributed by atoms with Crippen molar-refractivity contribution in [2.75, 3.05) is 51.3 Å². The lowest BCUT2D eigenvalue weighted by Crippen LogP contribution is -2.48. The van der Waals surface area contributed by atoms with Crippen LogP contribution in [0.3, 0.4) is 0 Å². The van der Waals surface area contributed by atoms with Crippen LogP contribution in [-0.2, 0) is 22.7 Å². The summed E-state index contributed by atoms with van der Waals surface area (Å²) in [6, 6.07) is 15.8. The van der Waals surface area contributed by atoms with Gasteiger partial charge < -0.3 is 10.0 Å². The number of hydrogen-bond acceptors (Lipinski definition) is 7. The van der Waals surface area contributed by atoms with Crippen molar-refractivity contribution in [2.45, 2.75) is 38.9 Å². The van der Waals surface area contributed by atoms with E-state index in [1.54, 1.807) is 29.1 Å². The molecule has 0 bridgehead atoms. The Balaban J connectivity index is 0.00000267. The largest absolute Gasteiger partial charge is 0.395 e. The number of aliphatic hydroxyl groups is 1. The van der Waals surface area contributed by atoms with E-state index in [1.807, 2.05) is 30.1 Å². The number of nitrogens with one attached hydrogen (secondary N) is 1. The van der Waals surface area contributed by atoms with Crippen molar-refractivity contribution in [1.29, 1.82) is 5.26 Å². The van der Waals surface area contributed by atoms with Gasteiger partial charge in [0, 0.05) is 45.0 Å². The molecule has 2 heterocycles. The molecule has 0 aliphatic carbocycles. The van der Waals surface area contributed by atoms with Gasteiger partial charge in [-0.3, -0.25) is 24.8 Å². The minimum absolute atomic E-state index is 0. The van der Waals surface area contributed by atoms with Gasteiger partial charge in [0.25, 0.3) is 5.91 Å². The van der Waals surface area contributed by atoms with Crippen molar-refractivity contribution in [3.63, 3.8) is 0 Å². The molecule has 2 aromatic rings. The summed E-state index contributed by atoms with van der Waals surface area (Å²) in [6.45, 7) is 5.40. The SMILES string of the molecule is Cc1ccc(C#N)cc1N(CCN1CCC[C@@H]1CO)C(=O)CNCC(=O)N(C)N1Cc2ccccc2C1.Cl.Cl. The number of nitrogens with zero attached hydrogens (tertiary/aromatic N) is 5. The van der Waals surface area contributed by atoms with Crippen molar-refractivity contribution in [1.82, 2.24) is 20.2 Å². The second-order valence-electron chi connectivity index (χ2n) is 9.79. The number of aryl methyl sites for hydroxylation is 1. The molecule has 11 heteroatoms. The number of nitriles is 1. The minimum Gasteiger partial charge on any atom is -0.395 e. The molecule has 2 aliphatic heterocycles. The number of likely N-dealkylation sites (tertiary alicyclic amines) is 1. The highest BCUT2D eigenvalue weighted by atomic mass is 35.5. The van der Waals surface area contributed by atoms with E-state index in [1.165, 1.54) is 11.1 Å². The molecular weight excluding hydrogens is 539 g/mol. The van der Waals surface area contributed by atoms with Crippen LogP contribution >= 0.6 is 24.8 Å². The van der Waals surface area contributed by atoms with Crippen LogP contribution in [0.15, 0.2) is 42.5 Å². The maximum atomic E-state index is 13.4. The summed E-state index contributed by atoms with van der Waals surface area (Å²) >= 11 is 0. The van der Waals surface area contributed by atoms with E-state index in [0.29, 0.717) is 37.4 Å². The summed E-state index contributed by atoms with van der Waals surface area (Å²) in [5.74, 6) is -0.278. The summed E-state index contributed by atoms with van der Waals surface area (Å²) in [6.07, 6.45) is 1.98. The monoisotopic (exact) mass is 576 g/mol. The molecule has 0 unspecified atom stereocenters. The number of halogens is 2. The molecule has 212 valence electrons. The fourth-order valence-electron chi connectivity index (χ4n) is 5.15. The van der Waals surface area contributed by atoms with Gasteiger partial charge in [0.1, 0.15) is 0 Å². The highest BCUT2D eigenvalue weighted by Gasteiger charge is 2.27. The molecule has 2 aromatic carbocycles. The first-order chi connectivity index (χ1) is 17.9. The molecule has 0 saturated carbocycles. The van der Waals surface area contributed by atoms with Gasteiger partial charge in [-0.25, -0.2) is 5.01 Å². The second kappa shape index (κ2) is 15.2. The third-order valence-electron chi connectivity index (χ3n) is 7.41. The van der Waals surface area contributed by atoms with Crippen molar-refractivity contribution in [3.05, 3.63) is 64.7 Å². The summed E-state index contributed by atoms with van der Waals surface area (Å²) in [7, 11) is 1.76. The van der Waals surface area contributed by atoms with Crippen LogP contribution < -0.4 is 10.2 Å². The fraction of sp³-hybridized carbons (Fsp3) is 0.464. The molecule has 2 aliphatic rings. The first-order valence-corrected chi connectivity index (χ1v) is 12.9. The van der Waals surface area contributed by atoms with E-state index in [0.717, 1.165) is 24.9 Å². The van der Waals surface area contributed by atoms with Crippen molar-refractivity contribution in [2.24, 2.45) is 0 Å².